The smallest absolute Gasteiger partial charge is 0.274 e. The largest absolute Gasteiger partial charge is 0.350 e. The van der Waals surface area contributed by atoms with Crippen molar-refractivity contribution in [3.63, 3.8) is 0 Å². The van der Waals surface area contributed by atoms with Crippen LogP contribution in [0, 0.1) is 22.5 Å². The third-order valence-corrected chi connectivity index (χ3v) is 2.32. The van der Waals surface area contributed by atoms with Crippen LogP contribution in [0.2, 0.25) is 0 Å². The van der Waals surface area contributed by atoms with Gasteiger partial charge in [0.25, 0.3) is 5.69 Å². The molecule has 0 aromatic heterocycles. The Hall–Kier alpha value is -2.39. The summed E-state index contributed by atoms with van der Waals surface area (Å²) in [6.07, 6.45) is 5.17. The number of nitrogens with zero attached hydrogens (tertiary/aromatic N) is 1. The molecule has 0 bridgehead atoms. The molecule has 0 fully saturated rings. The van der Waals surface area contributed by atoms with E-state index in [0.717, 1.165) is 0 Å². The lowest BCUT2D eigenvalue weighted by atomic mass is 10.1. The first-order chi connectivity index (χ1) is 8.56. The highest BCUT2D eigenvalue weighted by Gasteiger charge is 2.15. The number of rotatable bonds is 5. The summed E-state index contributed by atoms with van der Waals surface area (Å²) in [6, 6.07) is 5.38. The quantitative estimate of drug-likeness (QED) is 0.451. The van der Waals surface area contributed by atoms with E-state index in [0.29, 0.717) is 5.56 Å². The number of amides is 1. The summed E-state index contributed by atoms with van der Waals surface area (Å²) in [6.45, 7) is 0.0499. The van der Waals surface area contributed by atoms with Gasteiger partial charge in [-0.15, -0.1) is 12.3 Å². The van der Waals surface area contributed by atoms with Gasteiger partial charge in [0.2, 0.25) is 5.91 Å². The van der Waals surface area contributed by atoms with E-state index in [1.807, 2.05) is 0 Å². The first-order valence-corrected chi connectivity index (χ1v) is 5.25. The molecule has 0 aliphatic heterocycles. The molecule has 1 rings (SSSR count). The molecule has 1 aromatic carbocycles. The summed E-state index contributed by atoms with van der Waals surface area (Å²) in [5.41, 5.74) is 5.88. The minimum atomic E-state index is -0.794. The second kappa shape index (κ2) is 6.37. The van der Waals surface area contributed by atoms with Gasteiger partial charge < -0.3 is 11.1 Å². The third kappa shape index (κ3) is 3.57. The standard InChI is InChI=1S/C12H13N3O3/c1-2-5-10(13)12(16)14-8-9-6-3-4-7-11(9)15(17)18/h1,3-4,6-7,10H,5,8,13H2,(H,14,16). The van der Waals surface area contributed by atoms with E-state index in [1.165, 1.54) is 6.07 Å². The fourth-order valence-corrected chi connectivity index (χ4v) is 1.37. The molecule has 0 saturated heterocycles. The first-order valence-electron chi connectivity index (χ1n) is 5.25. The van der Waals surface area contributed by atoms with E-state index in [9.17, 15) is 14.9 Å². The fourth-order valence-electron chi connectivity index (χ4n) is 1.37. The Balaban J connectivity index is 2.67. The van der Waals surface area contributed by atoms with Crippen molar-refractivity contribution in [1.82, 2.24) is 5.32 Å². The van der Waals surface area contributed by atoms with Gasteiger partial charge in [-0.1, -0.05) is 18.2 Å². The molecule has 1 aromatic rings. The van der Waals surface area contributed by atoms with Gasteiger partial charge >= 0.3 is 0 Å². The Morgan fingerprint density at radius 3 is 2.83 bits per heavy atom. The van der Waals surface area contributed by atoms with Crippen molar-refractivity contribution in [3.05, 3.63) is 39.9 Å². The lowest BCUT2D eigenvalue weighted by Gasteiger charge is -2.09. The average molecular weight is 247 g/mol. The third-order valence-electron chi connectivity index (χ3n) is 2.32. The Morgan fingerprint density at radius 2 is 2.22 bits per heavy atom. The maximum absolute atomic E-state index is 11.5. The normalized spacial score (nSPS) is 11.3. The predicted molar refractivity (Wildman–Crippen MR) is 66.4 cm³/mol. The van der Waals surface area contributed by atoms with Crippen LogP contribution in [0.3, 0.4) is 0 Å². The number of para-hydroxylation sites is 1. The van der Waals surface area contributed by atoms with Gasteiger partial charge in [0.05, 0.1) is 11.0 Å². The molecule has 0 heterocycles. The second-order valence-electron chi connectivity index (χ2n) is 3.62. The zero-order chi connectivity index (χ0) is 13.5. The number of nitro benzene ring substituents is 1. The summed E-state index contributed by atoms with van der Waals surface area (Å²) in [4.78, 5) is 21.7. The van der Waals surface area contributed by atoms with Crippen LogP contribution in [0.15, 0.2) is 24.3 Å². The van der Waals surface area contributed by atoms with Gasteiger partial charge in [0, 0.05) is 24.6 Å². The molecule has 6 nitrogen and oxygen atoms in total. The van der Waals surface area contributed by atoms with E-state index < -0.39 is 16.9 Å². The second-order valence-corrected chi connectivity index (χ2v) is 3.62. The van der Waals surface area contributed by atoms with Crippen LogP contribution in [0.5, 0.6) is 0 Å². The number of carbonyl (C=O) groups is 1. The Labute approximate surface area is 104 Å². The van der Waals surface area contributed by atoms with E-state index in [4.69, 9.17) is 12.2 Å². The van der Waals surface area contributed by atoms with Crippen LogP contribution in [0.4, 0.5) is 5.69 Å². The summed E-state index contributed by atoms with van der Waals surface area (Å²) in [5.74, 6) is 1.86. The van der Waals surface area contributed by atoms with E-state index in [1.54, 1.807) is 18.2 Å². The number of terminal acetylenes is 1. The molecule has 0 aliphatic carbocycles. The predicted octanol–water partition coefficient (Wildman–Crippen LogP) is 0.562. The van der Waals surface area contributed by atoms with Crippen LogP contribution in [0.1, 0.15) is 12.0 Å². The van der Waals surface area contributed by atoms with Crippen LogP contribution in [0.25, 0.3) is 0 Å². The van der Waals surface area contributed by atoms with Crippen molar-refractivity contribution >= 4 is 11.6 Å². The summed E-state index contributed by atoms with van der Waals surface area (Å²) in [5, 5.41) is 13.3. The van der Waals surface area contributed by atoms with Gasteiger partial charge in [0.1, 0.15) is 0 Å². The number of hydrogen-bond acceptors (Lipinski definition) is 4. The number of carbonyl (C=O) groups excluding carboxylic acids is 1. The Morgan fingerprint density at radius 1 is 1.56 bits per heavy atom. The lowest BCUT2D eigenvalue weighted by Crippen LogP contribution is -2.39. The molecular weight excluding hydrogens is 234 g/mol. The lowest BCUT2D eigenvalue weighted by molar-refractivity contribution is -0.385. The van der Waals surface area contributed by atoms with Crippen molar-refractivity contribution in [2.75, 3.05) is 0 Å². The SMILES string of the molecule is C#CCC(N)C(=O)NCc1ccccc1[N+](=O)[O-]. The van der Waals surface area contributed by atoms with Crippen LogP contribution < -0.4 is 11.1 Å². The van der Waals surface area contributed by atoms with Crippen molar-refractivity contribution in [2.24, 2.45) is 5.73 Å². The molecule has 0 aliphatic rings. The monoisotopic (exact) mass is 247 g/mol. The molecular formula is C12H13N3O3. The molecule has 1 atom stereocenters. The molecule has 1 amide bonds. The molecule has 18 heavy (non-hydrogen) atoms. The van der Waals surface area contributed by atoms with Gasteiger partial charge in [-0.3, -0.25) is 14.9 Å². The molecule has 0 spiro atoms. The molecule has 0 radical (unpaired) electrons. The van der Waals surface area contributed by atoms with Crippen LogP contribution in [-0.2, 0) is 11.3 Å². The zero-order valence-corrected chi connectivity index (χ0v) is 9.63. The highest BCUT2D eigenvalue weighted by molar-refractivity contribution is 5.81. The summed E-state index contributed by atoms with van der Waals surface area (Å²) < 4.78 is 0. The molecule has 0 saturated carbocycles. The van der Waals surface area contributed by atoms with E-state index in [-0.39, 0.29) is 18.7 Å². The Kier molecular flexibility index (Phi) is 4.84. The van der Waals surface area contributed by atoms with Crippen LogP contribution >= 0.6 is 0 Å². The van der Waals surface area contributed by atoms with E-state index in [2.05, 4.69) is 11.2 Å². The summed E-state index contributed by atoms with van der Waals surface area (Å²) in [7, 11) is 0. The van der Waals surface area contributed by atoms with Crippen molar-refractivity contribution in [1.29, 1.82) is 0 Å². The number of benzene rings is 1. The minimum absolute atomic E-state index is 0.0386. The molecule has 1 unspecified atom stereocenters. The van der Waals surface area contributed by atoms with Crippen LogP contribution in [-0.4, -0.2) is 16.9 Å². The Bertz CT molecular complexity index is 494. The first kappa shape index (κ1) is 13.7. The minimum Gasteiger partial charge on any atom is -0.350 e. The molecule has 94 valence electrons. The topological polar surface area (TPSA) is 98.3 Å². The highest BCUT2D eigenvalue weighted by atomic mass is 16.6. The van der Waals surface area contributed by atoms with Gasteiger partial charge in [0.15, 0.2) is 0 Å². The number of nitrogens with two attached hydrogens (primary N) is 1. The molecule has 3 N–H and O–H groups in total. The van der Waals surface area contributed by atoms with Gasteiger partial charge in [-0.05, 0) is 0 Å². The number of nitrogens with one attached hydrogen (secondary N) is 1. The van der Waals surface area contributed by atoms with Crippen molar-refractivity contribution < 1.29 is 9.72 Å². The van der Waals surface area contributed by atoms with Crippen molar-refractivity contribution in [2.45, 2.75) is 19.0 Å². The molecule has 6 heteroatoms. The zero-order valence-electron chi connectivity index (χ0n) is 9.63. The summed E-state index contributed by atoms with van der Waals surface area (Å²) >= 11 is 0. The number of nitro groups is 1. The highest BCUT2D eigenvalue weighted by Crippen LogP contribution is 2.16. The van der Waals surface area contributed by atoms with Gasteiger partial charge in [-0.25, -0.2) is 0 Å². The maximum atomic E-state index is 11.5. The van der Waals surface area contributed by atoms with Gasteiger partial charge in [-0.2, -0.15) is 0 Å². The van der Waals surface area contributed by atoms with E-state index >= 15 is 0 Å². The average Bonchev–Trinajstić information content (AvgIpc) is 2.36. The van der Waals surface area contributed by atoms with Crippen molar-refractivity contribution in [3.8, 4) is 12.3 Å². The maximum Gasteiger partial charge on any atom is 0.274 e. The number of hydrogen-bond donors (Lipinski definition) is 2. The fraction of sp³-hybridized carbons (Fsp3) is 0.250.